The van der Waals surface area contributed by atoms with Crippen LogP contribution in [-0.4, -0.2) is 11.9 Å². The third kappa shape index (κ3) is 3.40. The Balaban J connectivity index is 1.77. The molecule has 3 rings (SSSR count). The molecule has 2 nitrogen and oxygen atoms in total. The van der Waals surface area contributed by atoms with Gasteiger partial charge < -0.3 is 4.90 Å². The number of aryl methyl sites for hydroxylation is 1. The summed E-state index contributed by atoms with van der Waals surface area (Å²) in [7, 11) is 0. The zero-order valence-corrected chi connectivity index (χ0v) is 12.2. The van der Waals surface area contributed by atoms with Crippen LogP contribution in [0.1, 0.15) is 24.0 Å². The average Bonchev–Trinajstić information content (AvgIpc) is 3.33. The highest BCUT2D eigenvalue weighted by molar-refractivity contribution is 6.04. The third-order valence-corrected chi connectivity index (χ3v) is 3.68. The maximum atomic E-state index is 12.5. The number of hydrogen-bond acceptors (Lipinski definition) is 1. The predicted molar refractivity (Wildman–Crippen MR) is 87.2 cm³/mol. The third-order valence-electron chi connectivity index (χ3n) is 3.68. The first-order valence-electron chi connectivity index (χ1n) is 7.37. The summed E-state index contributed by atoms with van der Waals surface area (Å²) in [5.41, 5.74) is 3.26. The van der Waals surface area contributed by atoms with E-state index in [-0.39, 0.29) is 5.91 Å². The first kappa shape index (κ1) is 13.6. The van der Waals surface area contributed by atoms with Gasteiger partial charge in [-0.25, -0.2) is 0 Å². The summed E-state index contributed by atoms with van der Waals surface area (Å²) >= 11 is 0. The number of carbonyl (C=O) groups is 1. The molecule has 0 atom stereocenters. The van der Waals surface area contributed by atoms with Crippen molar-refractivity contribution in [2.45, 2.75) is 25.8 Å². The molecule has 106 valence electrons. The zero-order valence-electron chi connectivity index (χ0n) is 12.2. The van der Waals surface area contributed by atoms with Crippen molar-refractivity contribution in [2.24, 2.45) is 0 Å². The Morgan fingerprint density at radius 1 is 1.05 bits per heavy atom. The Kier molecular flexibility index (Phi) is 3.87. The summed E-state index contributed by atoms with van der Waals surface area (Å²) in [6, 6.07) is 18.4. The van der Waals surface area contributed by atoms with Gasteiger partial charge in [-0.2, -0.15) is 0 Å². The van der Waals surface area contributed by atoms with Crippen molar-refractivity contribution in [3.63, 3.8) is 0 Å². The van der Waals surface area contributed by atoms with Crippen molar-refractivity contribution in [1.29, 1.82) is 0 Å². The van der Waals surface area contributed by atoms with Crippen LogP contribution in [0.15, 0.2) is 60.7 Å². The van der Waals surface area contributed by atoms with Gasteiger partial charge in [0.05, 0.1) is 0 Å². The Bertz CT molecular complexity index is 639. The topological polar surface area (TPSA) is 20.3 Å². The highest BCUT2D eigenvalue weighted by atomic mass is 16.2. The summed E-state index contributed by atoms with van der Waals surface area (Å²) in [4.78, 5) is 14.4. The minimum absolute atomic E-state index is 0.0595. The van der Waals surface area contributed by atoms with Crippen LogP contribution in [-0.2, 0) is 4.79 Å². The minimum atomic E-state index is 0.0595. The van der Waals surface area contributed by atoms with E-state index in [0.717, 1.165) is 24.1 Å². The molecular weight excluding hydrogens is 258 g/mol. The Hall–Kier alpha value is -2.35. The molecule has 1 saturated carbocycles. The molecule has 21 heavy (non-hydrogen) atoms. The maximum absolute atomic E-state index is 12.5. The highest BCUT2D eigenvalue weighted by Crippen LogP contribution is 2.31. The number of anilines is 1. The molecule has 1 aliphatic rings. The van der Waals surface area contributed by atoms with Gasteiger partial charge in [0.2, 0.25) is 0 Å². The van der Waals surface area contributed by atoms with Crippen LogP contribution in [0.5, 0.6) is 0 Å². The van der Waals surface area contributed by atoms with Crippen molar-refractivity contribution < 1.29 is 4.79 Å². The summed E-state index contributed by atoms with van der Waals surface area (Å²) < 4.78 is 0. The molecule has 0 saturated heterocycles. The number of hydrogen-bond donors (Lipinski definition) is 0. The van der Waals surface area contributed by atoms with Gasteiger partial charge in [-0.1, -0.05) is 48.0 Å². The fourth-order valence-electron chi connectivity index (χ4n) is 2.36. The zero-order chi connectivity index (χ0) is 14.7. The number of para-hydroxylation sites is 1. The van der Waals surface area contributed by atoms with E-state index < -0.39 is 0 Å². The van der Waals surface area contributed by atoms with Crippen molar-refractivity contribution in [1.82, 2.24) is 0 Å². The molecule has 0 heterocycles. The summed E-state index contributed by atoms with van der Waals surface area (Å²) in [5, 5.41) is 0. The van der Waals surface area contributed by atoms with Gasteiger partial charge in [-0.05, 0) is 43.5 Å². The molecule has 0 spiro atoms. The van der Waals surface area contributed by atoms with Crippen LogP contribution >= 0.6 is 0 Å². The average molecular weight is 277 g/mol. The van der Waals surface area contributed by atoms with Crippen LogP contribution in [0.4, 0.5) is 5.69 Å². The number of nitrogens with zero attached hydrogens (tertiary/aromatic N) is 1. The molecule has 2 aromatic carbocycles. The van der Waals surface area contributed by atoms with Crippen molar-refractivity contribution in [3.05, 3.63) is 71.8 Å². The van der Waals surface area contributed by atoms with Crippen molar-refractivity contribution >= 4 is 17.7 Å². The second kappa shape index (κ2) is 5.96. The smallest absolute Gasteiger partial charge is 0.251 e. The minimum Gasteiger partial charge on any atom is -0.306 e. The fourth-order valence-corrected chi connectivity index (χ4v) is 2.36. The van der Waals surface area contributed by atoms with Crippen LogP contribution in [0, 0.1) is 6.92 Å². The lowest BCUT2D eigenvalue weighted by molar-refractivity contribution is -0.114. The van der Waals surface area contributed by atoms with Crippen molar-refractivity contribution in [3.8, 4) is 0 Å². The molecule has 0 aliphatic heterocycles. The first-order valence-corrected chi connectivity index (χ1v) is 7.37. The van der Waals surface area contributed by atoms with Crippen LogP contribution < -0.4 is 4.90 Å². The van der Waals surface area contributed by atoms with Gasteiger partial charge in [0.25, 0.3) is 5.91 Å². The lowest BCUT2D eigenvalue weighted by Gasteiger charge is -2.20. The molecule has 0 bridgehead atoms. The monoisotopic (exact) mass is 277 g/mol. The Morgan fingerprint density at radius 3 is 2.33 bits per heavy atom. The largest absolute Gasteiger partial charge is 0.306 e. The van der Waals surface area contributed by atoms with Gasteiger partial charge in [0.1, 0.15) is 0 Å². The lowest BCUT2D eigenvalue weighted by atomic mass is 10.1. The Labute approximate surface area is 125 Å². The van der Waals surface area contributed by atoms with Gasteiger partial charge >= 0.3 is 0 Å². The molecular formula is C19H19NO. The molecule has 1 fully saturated rings. The van der Waals surface area contributed by atoms with E-state index in [1.165, 1.54) is 5.56 Å². The number of benzene rings is 2. The second-order valence-corrected chi connectivity index (χ2v) is 5.52. The molecule has 1 aliphatic carbocycles. The summed E-state index contributed by atoms with van der Waals surface area (Å²) in [5.74, 6) is 0.0595. The van der Waals surface area contributed by atoms with E-state index in [1.807, 2.05) is 53.4 Å². The van der Waals surface area contributed by atoms with E-state index >= 15 is 0 Å². The summed E-state index contributed by atoms with van der Waals surface area (Å²) in [6.07, 6.45) is 5.76. The number of rotatable bonds is 4. The van der Waals surface area contributed by atoms with Crippen molar-refractivity contribution in [2.75, 3.05) is 4.90 Å². The van der Waals surface area contributed by atoms with E-state index in [2.05, 4.69) is 19.1 Å². The van der Waals surface area contributed by atoms with E-state index in [0.29, 0.717) is 6.04 Å². The Morgan fingerprint density at radius 2 is 1.71 bits per heavy atom. The van der Waals surface area contributed by atoms with Crippen LogP contribution in [0.3, 0.4) is 0 Å². The molecule has 2 heteroatoms. The van der Waals surface area contributed by atoms with E-state index in [4.69, 9.17) is 0 Å². The molecule has 1 amide bonds. The molecule has 0 aromatic heterocycles. The fraction of sp³-hybridized carbons (Fsp3) is 0.211. The van der Waals surface area contributed by atoms with Crippen LogP contribution in [0.2, 0.25) is 0 Å². The molecule has 2 aromatic rings. The van der Waals surface area contributed by atoms with Gasteiger partial charge in [-0.3, -0.25) is 4.79 Å². The summed E-state index contributed by atoms with van der Waals surface area (Å²) in [6.45, 7) is 2.06. The first-order chi connectivity index (χ1) is 10.2. The maximum Gasteiger partial charge on any atom is 0.251 e. The molecule has 0 unspecified atom stereocenters. The van der Waals surface area contributed by atoms with E-state index in [1.54, 1.807) is 6.08 Å². The predicted octanol–water partition coefficient (Wildman–Crippen LogP) is 4.20. The van der Waals surface area contributed by atoms with E-state index in [9.17, 15) is 4.79 Å². The molecule has 0 N–H and O–H groups in total. The highest BCUT2D eigenvalue weighted by Gasteiger charge is 2.32. The van der Waals surface area contributed by atoms with Crippen LogP contribution in [0.25, 0.3) is 6.08 Å². The molecule has 0 radical (unpaired) electrons. The SMILES string of the molecule is Cc1ccc(/C=C/C(=O)N(c2ccccc2)C2CC2)cc1. The van der Waals surface area contributed by atoms with Gasteiger partial charge in [-0.15, -0.1) is 0 Å². The number of amides is 1. The van der Waals surface area contributed by atoms with Gasteiger partial charge in [0, 0.05) is 17.8 Å². The number of carbonyl (C=O) groups excluding carboxylic acids is 1. The second-order valence-electron chi connectivity index (χ2n) is 5.52. The normalized spacial score (nSPS) is 14.3. The standard InChI is InChI=1S/C19H19NO/c1-15-7-9-16(10-8-15)11-14-19(21)20(18-12-13-18)17-5-3-2-4-6-17/h2-11,14,18H,12-13H2,1H3/b14-11+. The lowest BCUT2D eigenvalue weighted by Crippen LogP contribution is -2.31. The van der Waals surface area contributed by atoms with Gasteiger partial charge in [0.15, 0.2) is 0 Å². The quantitative estimate of drug-likeness (QED) is 0.767.